The lowest BCUT2D eigenvalue weighted by atomic mass is 10.1. The average Bonchev–Trinajstić information content (AvgIpc) is 3.14. The number of carbonyl (C=O) groups is 1. The Hall–Kier alpha value is -1.84. The predicted octanol–water partition coefficient (Wildman–Crippen LogP) is 3.08. The van der Waals surface area contributed by atoms with Gasteiger partial charge in [0.25, 0.3) is 0 Å². The van der Waals surface area contributed by atoms with Crippen molar-refractivity contribution in [1.82, 2.24) is 4.98 Å². The van der Waals surface area contributed by atoms with Gasteiger partial charge in [0.15, 0.2) is 0 Å². The van der Waals surface area contributed by atoms with Crippen molar-refractivity contribution in [3.8, 4) is 5.88 Å². The molecule has 1 aromatic rings. The maximum Gasteiger partial charge on any atom is 0.344 e. The van der Waals surface area contributed by atoms with Crippen molar-refractivity contribution >= 4 is 12.0 Å². The van der Waals surface area contributed by atoms with Crippen LogP contribution in [0.1, 0.15) is 42.6 Å². The Balaban J connectivity index is 2.24. The van der Waals surface area contributed by atoms with E-state index < -0.39 is 5.97 Å². The molecule has 0 aliphatic heterocycles. The van der Waals surface area contributed by atoms with Gasteiger partial charge in [0.2, 0.25) is 5.88 Å². The molecule has 0 bridgehead atoms. The lowest BCUT2D eigenvalue weighted by molar-refractivity contribution is 0.0519. The van der Waals surface area contributed by atoms with Gasteiger partial charge in [-0.25, -0.2) is 9.78 Å². The Labute approximate surface area is 113 Å². The van der Waals surface area contributed by atoms with Crippen molar-refractivity contribution in [2.75, 3.05) is 13.2 Å². The van der Waals surface area contributed by atoms with Crippen LogP contribution in [-0.4, -0.2) is 24.2 Å². The van der Waals surface area contributed by atoms with Crippen molar-refractivity contribution in [3.63, 3.8) is 0 Å². The number of esters is 1. The van der Waals surface area contributed by atoms with Crippen LogP contribution in [-0.2, 0) is 4.74 Å². The molecule has 1 fully saturated rings. The van der Waals surface area contributed by atoms with E-state index in [-0.39, 0.29) is 5.41 Å². The summed E-state index contributed by atoms with van der Waals surface area (Å²) in [6.45, 7) is 8.54. The number of hydrogen-bond donors (Lipinski definition) is 0. The minimum absolute atomic E-state index is 0.234. The number of ether oxygens (including phenoxy) is 2. The highest BCUT2D eigenvalue weighted by molar-refractivity contribution is 5.95. The van der Waals surface area contributed by atoms with Crippen molar-refractivity contribution in [1.29, 1.82) is 0 Å². The molecule has 0 saturated heterocycles. The van der Waals surface area contributed by atoms with E-state index in [4.69, 9.17) is 9.47 Å². The SMILES string of the molecule is C=Cc1ccnc(OCC2(C)CC2)c1C(=O)OCC. The molecule has 0 radical (unpaired) electrons. The zero-order valence-corrected chi connectivity index (χ0v) is 11.4. The van der Waals surface area contributed by atoms with Gasteiger partial charge in [-0.1, -0.05) is 19.6 Å². The van der Waals surface area contributed by atoms with Crippen LogP contribution < -0.4 is 4.74 Å². The largest absolute Gasteiger partial charge is 0.476 e. The Bertz CT molecular complexity index is 492. The molecule has 0 spiro atoms. The first-order valence-electron chi connectivity index (χ1n) is 6.51. The van der Waals surface area contributed by atoms with Gasteiger partial charge in [-0.2, -0.15) is 0 Å². The Morgan fingerprint density at radius 1 is 1.58 bits per heavy atom. The topological polar surface area (TPSA) is 48.4 Å². The van der Waals surface area contributed by atoms with E-state index in [2.05, 4.69) is 18.5 Å². The molecule has 2 rings (SSSR count). The molecule has 0 unspecified atom stereocenters. The van der Waals surface area contributed by atoms with Crippen molar-refractivity contribution in [2.45, 2.75) is 26.7 Å². The van der Waals surface area contributed by atoms with E-state index in [1.54, 1.807) is 25.3 Å². The summed E-state index contributed by atoms with van der Waals surface area (Å²) in [7, 11) is 0. The average molecular weight is 261 g/mol. The van der Waals surface area contributed by atoms with Crippen LogP contribution in [0.4, 0.5) is 0 Å². The molecule has 1 aromatic heterocycles. The molecular formula is C15H19NO3. The van der Waals surface area contributed by atoms with Gasteiger partial charge in [-0.3, -0.25) is 0 Å². The van der Waals surface area contributed by atoms with Gasteiger partial charge in [-0.15, -0.1) is 0 Å². The smallest absolute Gasteiger partial charge is 0.344 e. The van der Waals surface area contributed by atoms with Gasteiger partial charge < -0.3 is 9.47 Å². The normalized spacial score (nSPS) is 15.7. The third-order valence-corrected chi connectivity index (χ3v) is 3.31. The monoisotopic (exact) mass is 261 g/mol. The zero-order valence-electron chi connectivity index (χ0n) is 11.4. The lowest BCUT2D eigenvalue weighted by Gasteiger charge is -2.14. The maximum absolute atomic E-state index is 12.0. The molecule has 0 amide bonds. The van der Waals surface area contributed by atoms with Crippen molar-refractivity contribution in [2.24, 2.45) is 5.41 Å². The maximum atomic E-state index is 12.0. The fourth-order valence-corrected chi connectivity index (χ4v) is 1.74. The van der Waals surface area contributed by atoms with E-state index in [0.29, 0.717) is 30.2 Å². The standard InChI is InChI=1S/C15H19NO3/c1-4-11-6-9-16-13(12(11)14(17)18-5-2)19-10-15(3)7-8-15/h4,6,9H,1,5,7-8,10H2,2-3H3. The van der Waals surface area contributed by atoms with Gasteiger partial charge in [0.1, 0.15) is 5.56 Å². The summed E-state index contributed by atoms with van der Waals surface area (Å²) in [6, 6.07) is 1.73. The molecule has 0 aromatic carbocycles. The number of hydrogen-bond acceptors (Lipinski definition) is 4. The van der Waals surface area contributed by atoms with Crippen LogP contribution in [0.3, 0.4) is 0 Å². The second-order valence-corrected chi connectivity index (χ2v) is 5.10. The Morgan fingerprint density at radius 2 is 2.32 bits per heavy atom. The van der Waals surface area contributed by atoms with Gasteiger partial charge >= 0.3 is 5.97 Å². The van der Waals surface area contributed by atoms with Crippen molar-refractivity contribution < 1.29 is 14.3 Å². The summed E-state index contributed by atoms with van der Waals surface area (Å²) < 4.78 is 10.8. The number of nitrogens with zero attached hydrogens (tertiary/aromatic N) is 1. The first kappa shape index (κ1) is 13.6. The molecule has 1 aliphatic carbocycles. The predicted molar refractivity (Wildman–Crippen MR) is 73.1 cm³/mol. The van der Waals surface area contributed by atoms with Crippen LogP contribution in [0.2, 0.25) is 0 Å². The molecule has 19 heavy (non-hydrogen) atoms. The second-order valence-electron chi connectivity index (χ2n) is 5.10. The summed E-state index contributed by atoms with van der Waals surface area (Å²) in [5.41, 5.74) is 1.28. The molecule has 4 heteroatoms. The quantitative estimate of drug-likeness (QED) is 0.738. The van der Waals surface area contributed by atoms with Crippen LogP contribution in [0, 0.1) is 5.41 Å². The minimum Gasteiger partial charge on any atom is -0.476 e. The first-order valence-corrected chi connectivity index (χ1v) is 6.51. The number of carbonyl (C=O) groups excluding carboxylic acids is 1. The van der Waals surface area contributed by atoms with Gasteiger partial charge in [-0.05, 0) is 31.4 Å². The van der Waals surface area contributed by atoms with Crippen LogP contribution in [0.25, 0.3) is 6.08 Å². The molecule has 102 valence electrons. The molecule has 1 heterocycles. The highest BCUT2D eigenvalue weighted by Crippen LogP contribution is 2.45. The van der Waals surface area contributed by atoms with Crippen LogP contribution >= 0.6 is 0 Å². The number of aromatic nitrogens is 1. The summed E-state index contributed by atoms with van der Waals surface area (Å²) in [6.07, 6.45) is 5.54. The second kappa shape index (κ2) is 5.43. The molecular weight excluding hydrogens is 242 g/mol. The van der Waals surface area contributed by atoms with E-state index in [1.165, 1.54) is 0 Å². The molecule has 0 atom stereocenters. The molecule has 4 nitrogen and oxygen atoms in total. The molecule has 0 N–H and O–H groups in total. The highest BCUT2D eigenvalue weighted by Gasteiger charge is 2.38. The van der Waals surface area contributed by atoms with E-state index in [9.17, 15) is 4.79 Å². The van der Waals surface area contributed by atoms with Gasteiger partial charge in [0.05, 0.1) is 13.2 Å². The van der Waals surface area contributed by atoms with E-state index in [1.807, 2.05) is 0 Å². The van der Waals surface area contributed by atoms with Gasteiger partial charge in [0, 0.05) is 11.6 Å². The van der Waals surface area contributed by atoms with Crippen molar-refractivity contribution in [3.05, 3.63) is 30.0 Å². The Morgan fingerprint density at radius 3 is 2.89 bits per heavy atom. The lowest BCUT2D eigenvalue weighted by Crippen LogP contribution is -2.15. The van der Waals surface area contributed by atoms with Crippen LogP contribution in [0.15, 0.2) is 18.8 Å². The third kappa shape index (κ3) is 3.13. The molecule has 1 aliphatic rings. The minimum atomic E-state index is -0.415. The third-order valence-electron chi connectivity index (χ3n) is 3.31. The summed E-state index contributed by atoms with van der Waals surface area (Å²) >= 11 is 0. The number of pyridine rings is 1. The van der Waals surface area contributed by atoms with Crippen LogP contribution in [0.5, 0.6) is 5.88 Å². The van der Waals surface area contributed by atoms with E-state index >= 15 is 0 Å². The summed E-state index contributed by atoms with van der Waals surface area (Å²) in [5.74, 6) is -0.0783. The fourth-order valence-electron chi connectivity index (χ4n) is 1.74. The zero-order chi connectivity index (χ0) is 13.9. The number of rotatable bonds is 6. The Kier molecular flexibility index (Phi) is 3.88. The first-order chi connectivity index (χ1) is 9.09. The fraction of sp³-hybridized carbons (Fsp3) is 0.467. The highest BCUT2D eigenvalue weighted by atomic mass is 16.5. The summed E-state index contributed by atoms with van der Waals surface area (Å²) in [5, 5.41) is 0. The van der Waals surface area contributed by atoms with E-state index in [0.717, 1.165) is 12.8 Å². The molecule has 1 saturated carbocycles. The summed E-state index contributed by atoms with van der Waals surface area (Å²) in [4.78, 5) is 16.1.